The van der Waals surface area contributed by atoms with Gasteiger partial charge in [0, 0.05) is 11.6 Å². The highest BCUT2D eigenvalue weighted by Gasteiger charge is 2.17. The molecule has 1 aromatic rings. The van der Waals surface area contributed by atoms with Crippen molar-refractivity contribution in [3.63, 3.8) is 0 Å². The molecule has 0 bridgehead atoms. The van der Waals surface area contributed by atoms with Gasteiger partial charge in [-0.2, -0.15) is 4.39 Å². The lowest BCUT2D eigenvalue weighted by Gasteiger charge is -2.02. The van der Waals surface area contributed by atoms with Gasteiger partial charge in [0.25, 0.3) is 12.0 Å². The Kier molecular flexibility index (Phi) is 2.50. The molecule has 0 aliphatic rings. The molecule has 3 nitrogen and oxygen atoms in total. The van der Waals surface area contributed by atoms with Crippen LogP contribution in [0.15, 0.2) is 10.9 Å². The molecule has 0 aliphatic heterocycles. The van der Waals surface area contributed by atoms with Gasteiger partial charge >= 0.3 is 0 Å². The Morgan fingerprint density at radius 3 is 2.54 bits per heavy atom. The molecule has 0 fully saturated rings. The van der Waals surface area contributed by atoms with Gasteiger partial charge in [-0.3, -0.25) is 14.6 Å². The van der Waals surface area contributed by atoms with Crippen LogP contribution in [0.25, 0.3) is 0 Å². The van der Waals surface area contributed by atoms with Gasteiger partial charge in [0.15, 0.2) is 6.29 Å². The molecule has 1 aromatic heterocycles. The van der Waals surface area contributed by atoms with Gasteiger partial charge < -0.3 is 0 Å². The average Bonchev–Trinajstić information content (AvgIpc) is 2.02. The number of halogens is 3. The van der Waals surface area contributed by atoms with Crippen molar-refractivity contribution in [1.82, 2.24) is 4.98 Å². The number of hydrogen-bond acceptors (Lipinski definition) is 2. The van der Waals surface area contributed by atoms with Gasteiger partial charge in [0.05, 0.1) is 5.56 Å². The molecule has 0 amide bonds. The Balaban J connectivity index is 3.47. The monoisotopic (exact) mass is 191 g/mol. The molecule has 0 radical (unpaired) electrons. The zero-order chi connectivity index (χ0) is 10.0. The molecule has 0 aromatic carbocycles. The SMILES string of the molecule is O=Cc1c(C(F)F)cc(=O)[nH]c1F. The summed E-state index contributed by atoms with van der Waals surface area (Å²) < 4.78 is 36.8. The lowest BCUT2D eigenvalue weighted by molar-refractivity contribution is 0.110. The second-order valence-corrected chi connectivity index (χ2v) is 2.24. The van der Waals surface area contributed by atoms with E-state index in [-0.39, 0.29) is 6.29 Å². The fourth-order valence-corrected chi connectivity index (χ4v) is 0.858. The van der Waals surface area contributed by atoms with Gasteiger partial charge in [-0.15, -0.1) is 0 Å². The van der Waals surface area contributed by atoms with Crippen LogP contribution in [0.1, 0.15) is 22.3 Å². The van der Waals surface area contributed by atoms with Gasteiger partial charge in [0.2, 0.25) is 5.95 Å². The Morgan fingerprint density at radius 2 is 2.08 bits per heavy atom. The molecule has 0 atom stereocenters. The fourth-order valence-electron chi connectivity index (χ4n) is 0.858. The average molecular weight is 191 g/mol. The van der Waals surface area contributed by atoms with Crippen molar-refractivity contribution in [2.45, 2.75) is 6.43 Å². The number of pyridine rings is 1. The molecule has 0 aliphatic carbocycles. The molecular formula is C7H4F3NO2. The van der Waals surface area contributed by atoms with Crippen LogP contribution in [0.5, 0.6) is 0 Å². The summed E-state index contributed by atoms with van der Waals surface area (Å²) in [5, 5.41) is 0. The van der Waals surface area contributed by atoms with Crippen molar-refractivity contribution in [2.75, 3.05) is 0 Å². The van der Waals surface area contributed by atoms with Crippen molar-refractivity contribution >= 4 is 6.29 Å². The summed E-state index contributed by atoms with van der Waals surface area (Å²) in [6, 6.07) is 0.497. The normalized spacial score (nSPS) is 10.5. The third-order valence-electron chi connectivity index (χ3n) is 1.42. The number of aromatic amines is 1. The summed E-state index contributed by atoms with van der Waals surface area (Å²) in [6.07, 6.45) is -3.11. The minimum atomic E-state index is -3.04. The number of alkyl halides is 2. The standard InChI is InChI=1S/C7H4F3NO2/c8-6(9)3-1-5(13)11-7(10)4(3)2-12/h1-2,6H,(H,11,13). The van der Waals surface area contributed by atoms with E-state index in [0.29, 0.717) is 6.07 Å². The summed E-state index contributed by atoms with van der Waals surface area (Å²) in [4.78, 5) is 22.3. The molecule has 1 heterocycles. The first kappa shape index (κ1) is 9.50. The number of nitrogens with one attached hydrogen (secondary N) is 1. The van der Waals surface area contributed by atoms with Gasteiger partial charge in [-0.1, -0.05) is 0 Å². The van der Waals surface area contributed by atoms with Gasteiger partial charge in [0.1, 0.15) is 0 Å². The van der Waals surface area contributed by atoms with Crippen LogP contribution in [0, 0.1) is 5.95 Å². The second-order valence-electron chi connectivity index (χ2n) is 2.24. The topological polar surface area (TPSA) is 49.9 Å². The maximum absolute atomic E-state index is 12.7. The maximum atomic E-state index is 12.7. The van der Waals surface area contributed by atoms with Crippen LogP contribution in [-0.2, 0) is 0 Å². The predicted octanol–water partition coefficient (Wildman–Crippen LogP) is 1.26. The quantitative estimate of drug-likeness (QED) is 0.565. The molecule has 0 saturated heterocycles. The first-order chi connectivity index (χ1) is 6.06. The lowest BCUT2D eigenvalue weighted by Crippen LogP contribution is -2.12. The van der Waals surface area contributed by atoms with Crippen LogP contribution in [0.2, 0.25) is 0 Å². The Labute approximate surface area is 70.2 Å². The van der Waals surface area contributed by atoms with Crippen molar-refractivity contribution in [2.24, 2.45) is 0 Å². The van der Waals surface area contributed by atoms with Crippen LogP contribution >= 0.6 is 0 Å². The van der Waals surface area contributed by atoms with E-state index >= 15 is 0 Å². The highest BCUT2D eigenvalue weighted by molar-refractivity contribution is 5.77. The molecule has 13 heavy (non-hydrogen) atoms. The third-order valence-corrected chi connectivity index (χ3v) is 1.42. The maximum Gasteiger partial charge on any atom is 0.264 e. The smallest absolute Gasteiger partial charge is 0.264 e. The highest BCUT2D eigenvalue weighted by atomic mass is 19.3. The van der Waals surface area contributed by atoms with Crippen LogP contribution in [-0.4, -0.2) is 11.3 Å². The Morgan fingerprint density at radius 1 is 1.46 bits per heavy atom. The molecule has 1 N–H and O–H groups in total. The fraction of sp³-hybridized carbons (Fsp3) is 0.143. The summed E-state index contributed by atoms with van der Waals surface area (Å²) in [6.45, 7) is 0. The van der Waals surface area contributed by atoms with Crippen molar-refractivity contribution in [3.8, 4) is 0 Å². The number of aldehydes is 1. The summed E-state index contributed by atoms with van der Waals surface area (Å²) in [7, 11) is 0. The van der Waals surface area contributed by atoms with E-state index in [1.807, 2.05) is 0 Å². The molecule has 1 rings (SSSR count). The largest absolute Gasteiger partial charge is 0.298 e. The van der Waals surface area contributed by atoms with Crippen LogP contribution in [0.3, 0.4) is 0 Å². The minimum absolute atomic E-state index is 0.0627. The van der Waals surface area contributed by atoms with Gasteiger partial charge in [-0.05, 0) is 0 Å². The zero-order valence-electron chi connectivity index (χ0n) is 6.18. The van der Waals surface area contributed by atoms with E-state index in [0.717, 1.165) is 0 Å². The molecule has 70 valence electrons. The minimum Gasteiger partial charge on any atom is -0.298 e. The molecule has 0 spiro atoms. The number of hydrogen-bond donors (Lipinski definition) is 1. The van der Waals surface area contributed by atoms with Crippen molar-refractivity contribution in [3.05, 3.63) is 33.5 Å². The molecular weight excluding hydrogens is 187 g/mol. The third kappa shape index (κ3) is 1.77. The van der Waals surface area contributed by atoms with Crippen LogP contribution < -0.4 is 5.56 Å². The highest BCUT2D eigenvalue weighted by Crippen LogP contribution is 2.20. The number of carbonyl (C=O) groups is 1. The van der Waals surface area contributed by atoms with E-state index in [1.165, 1.54) is 0 Å². The number of rotatable bonds is 2. The Bertz CT molecular complexity index is 386. The second kappa shape index (κ2) is 3.42. The van der Waals surface area contributed by atoms with Crippen LogP contribution in [0.4, 0.5) is 13.2 Å². The first-order valence-corrected chi connectivity index (χ1v) is 3.22. The van der Waals surface area contributed by atoms with E-state index < -0.39 is 29.1 Å². The summed E-state index contributed by atoms with van der Waals surface area (Å²) >= 11 is 0. The Hall–Kier alpha value is -1.59. The number of aromatic nitrogens is 1. The number of H-pyrrole nitrogens is 1. The van der Waals surface area contributed by atoms with E-state index in [2.05, 4.69) is 0 Å². The van der Waals surface area contributed by atoms with E-state index in [4.69, 9.17) is 0 Å². The number of carbonyl (C=O) groups excluding carboxylic acids is 1. The first-order valence-electron chi connectivity index (χ1n) is 3.22. The summed E-state index contributed by atoms with van der Waals surface area (Å²) in [5.41, 5.74) is -2.70. The van der Waals surface area contributed by atoms with E-state index in [1.54, 1.807) is 4.98 Å². The van der Waals surface area contributed by atoms with Crippen molar-refractivity contribution < 1.29 is 18.0 Å². The van der Waals surface area contributed by atoms with E-state index in [9.17, 15) is 22.8 Å². The van der Waals surface area contributed by atoms with Crippen molar-refractivity contribution in [1.29, 1.82) is 0 Å². The molecule has 6 heteroatoms. The molecule has 0 saturated carbocycles. The predicted molar refractivity (Wildman–Crippen MR) is 37.4 cm³/mol. The van der Waals surface area contributed by atoms with Gasteiger partial charge in [-0.25, -0.2) is 8.78 Å². The summed E-state index contributed by atoms with van der Waals surface area (Å²) in [5.74, 6) is -1.34. The molecule has 0 unspecified atom stereocenters. The lowest BCUT2D eigenvalue weighted by atomic mass is 10.1. The zero-order valence-corrected chi connectivity index (χ0v) is 6.18.